The maximum atomic E-state index is 12.5. The van der Waals surface area contributed by atoms with E-state index in [2.05, 4.69) is 15.2 Å². The first kappa shape index (κ1) is 15.0. The van der Waals surface area contributed by atoms with E-state index in [4.69, 9.17) is 0 Å². The summed E-state index contributed by atoms with van der Waals surface area (Å²) in [4.78, 5) is 32.2. The van der Waals surface area contributed by atoms with Crippen molar-refractivity contribution in [2.45, 2.75) is 6.42 Å². The van der Waals surface area contributed by atoms with Gasteiger partial charge in [0.2, 0.25) is 5.91 Å². The van der Waals surface area contributed by atoms with Crippen molar-refractivity contribution < 1.29 is 9.59 Å². The van der Waals surface area contributed by atoms with E-state index in [1.165, 1.54) is 0 Å². The lowest BCUT2D eigenvalue weighted by molar-refractivity contribution is -0.122. The maximum absolute atomic E-state index is 12.5. The van der Waals surface area contributed by atoms with E-state index < -0.39 is 0 Å². The molecule has 1 aromatic rings. The van der Waals surface area contributed by atoms with Crippen molar-refractivity contribution in [2.24, 2.45) is 11.8 Å². The van der Waals surface area contributed by atoms with E-state index in [1.807, 2.05) is 11.0 Å². The highest BCUT2D eigenvalue weighted by Gasteiger charge is 2.39. The van der Waals surface area contributed by atoms with Crippen molar-refractivity contribution in [2.75, 3.05) is 39.8 Å². The SMILES string of the molecule is CNC(=O)CN1CC[C@H]2CN(C(=O)c3cccnc3)C[C@H]2C1. The summed E-state index contributed by atoms with van der Waals surface area (Å²) >= 11 is 0. The number of likely N-dealkylation sites (N-methyl/N-ethyl adjacent to an activating group) is 1. The van der Waals surface area contributed by atoms with Gasteiger partial charge in [-0.3, -0.25) is 19.5 Å². The van der Waals surface area contributed by atoms with Gasteiger partial charge in [-0.1, -0.05) is 0 Å². The lowest BCUT2D eigenvalue weighted by Crippen LogP contribution is -2.44. The van der Waals surface area contributed by atoms with Gasteiger partial charge in [0.15, 0.2) is 0 Å². The summed E-state index contributed by atoms with van der Waals surface area (Å²) in [6.07, 6.45) is 4.36. The Hall–Kier alpha value is -1.95. The number of likely N-dealkylation sites (tertiary alicyclic amines) is 2. The van der Waals surface area contributed by atoms with Gasteiger partial charge in [-0.15, -0.1) is 0 Å². The molecule has 2 saturated heterocycles. The first-order valence-electron chi connectivity index (χ1n) is 7.79. The summed E-state index contributed by atoms with van der Waals surface area (Å²) in [5, 5.41) is 2.67. The third-order valence-corrected chi connectivity index (χ3v) is 4.73. The number of rotatable bonds is 3. The summed E-state index contributed by atoms with van der Waals surface area (Å²) in [5.41, 5.74) is 0.656. The number of fused-ring (bicyclic) bond motifs is 1. The van der Waals surface area contributed by atoms with Crippen molar-refractivity contribution in [3.63, 3.8) is 0 Å². The minimum Gasteiger partial charge on any atom is -0.358 e. The summed E-state index contributed by atoms with van der Waals surface area (Å²) in [6.45, 7) is 3.89. The van der Waals surface area contributed by atoms with Crippen LogP contribution in [0, 0.1) is 11.8 Å². The highest BCUT2D eigenvalue weighted by Crippen LogP contribution is 2.31. The monoisotopic (exact) mass is 302 g/mol. The maximum Gasteiger partial charge on any atom is 0.255 e. The number of nitrogens with one attached hydrogen (secondary N) is 1. The number of amides is 2. The van der Waals surface area contributed by atoms with E-state index in [0.717, 1.165) is 32.6 Å². The molecular formula is C16H22N4O2. The average Bonchev–Trinajstić information content (AvgIpc) is 2.98. The molecule has 2 amide bonds. The second-order valence-corrected chi connectivity index (χ2v) is 6.17. The number of hydrogen-bond donors (Lipinski definition) is 1. The number of hydrogen-bond acceptors (Lipinski definition) is 4. The van der Waals surface area contributed by atoms with E-state index >= 15 is 0 Å². The van der Waals surface area contributed by atoms with E-state index in [-0.39, 0.29) is 11.8 Å². The zero-order valence-electron chi connectivity index (χ0n) is 12.9. The highest BCUT2D eigenvalue weighted by atomic mass is 16.2. The number of nitrogens with zero attached hydrogens (tertiary/aromatic N) is 3. The van der Waals surface area contributed by atoms with E-state index in [0.29, 0.717) is 23.9 Å². The van der Waals surface area contributed by atoms with Crippen LogP contribution < -0.4 is 5.32 Å². The standard InChI is InChI=1S/C16H22N4O2/c1-17-15(21)11-19-6-4-13-9-20(10-14(13)8-19)16(22)12-3-2-5-18-7-12/h2-3,5,7,13-14H,4,6,8-11H2,1H3,(H,17,21)/t13-,14+/m0/s1. The minimum absolute atomic E-state index is 0.0553. The normalized spacial score (nSPS) is 24.9. The fourth-order valence-corrected chi connectivity index (χ4v) is 3.51. The van der Waals surface area contributed by atoms with Gasteiger partial charge in [0.1, 0.15) is 0 Å². The first-order valence-corrected chi connectivity index (χ1v) is 7.79. The quantitative estimate of drug-likeness (QED) is 0.867. The molecule has 22 heavy (non-hydrogen) atoms. The summed E-state index contributed by atoms with van der Waals surface area (Å²) < 4.78 is 0. The highest BCUT2D eigenvalue weighted by molar-refractivity contribution is 5.94. The van der Waals surface area contributed by atoms with Gasteiger partial charge in [-0.05, 0) is 36.9 Å². The Morgan fingerprint density at radius 2 is 2.14 bits per heavy atom. The zero-order valence-corrected chi connectivity index (χ0v) is 12.9. The summed E-state index contributed by atoms with van der Waals surface area (Å²) in [5.74, 6) is 1.15. The van der Waals surface area contributed by atoms with Crippen LogP contribution >= 0.6 is 0 Å². The van der Waals surface area contributed by atoms with Crippen LogP contribution in [0.5, 0.6) is 0 Å². The number of carbonyl (C=O) groups is 2. The molecule has 0 aliphatic carbocycles. The van der Waals surface area contributed by atoms with E-state index in [9.17, 15) is 9.59 Å². The number of pyridine rings is 1. The van der Waals surface area contributed by atoms with E-state index in [1.54, 1.807) is 25.5 Å². The molecule has 6 heteroatoms. The molecule has 1 aromatic heterocycles. The van der Waals surface area contributed by atoms with Crippen LogP contribution in [0.2, 0.25) is 0 Å². The Kier molecular flexibility index (Phi) is 4.38. The fraction of sp³-hybridized carbons (Fsp3) is 0.562. The summed E-state index contributed by atoms with van der Waals surface area (Å²) in [6, 6.07) is 3.61. The van der Waals surface area contributed by atoms with Gasteiger partial charge in [0.05, 0.1) is 12.1 Å². The largest absolute Gasteiger partial charge is 0.358 e. The van der Waals surface area contributed by atoms with Crippen molar-refractivity contribution in [3.05, 3.63) is 30.1 Å². The molecule has 2 fully saturated rings. The van der Waals surface area contributed by atoms with Gasteiger partial charge in [0.25, 0.3) is 5.91 Å². The zero-order chi connectivity index (χ0) is 15.5. The molecule has 0 radical (unpaired) electrons. The first-order chi connectivity index (χ1) is 10.7. The van der Waals surface area contributed by atoms with Crippen LogP contribution in [-0.2, 0) is 4.79 Å². The Balaban J connectivity index is 1.60. The van der Waals surface area contributed by atoms with Crippen LogP contribution in [0.1, 0.15) is 16.8 Å². The van der Waals surface area contributed by atoms with Crippen molar-refractivity contribution >= 4 is 11.8 Å². The Labute approximate surface area is 130 Å². The van der Waals surface area contributed by atoms with Crippen LogP contribution in [0.15, 0.2) is 24.5 Å². The van der Waals surface area contributed by atoms with Crippen molar-refractivity contribution in [1.29, 1.82) is 0 Å². The van der Waals surface area contributed by atoms with Gasteiger partial charge < -0.3 is 10.2 Å². The molecule has 1 N–H and O–H groups in total. The minimum atomic E-state index is 0.0553. The molecule has 2 aliphatic rings. The van der Waals surface area contributed by atoms with Gasteiger partial charge in [-0.25, -0.2) is 0 Å². The van der Waals surface area contributed by atoms with Crippen LogP contribution in [0.25, 0.3) is 0 Å². The predicted octanol–water partition coefficient (Wildman–Crippen LogP) is 0.222. The van der Waals surface area contributed by atoms with Crippen LogP contribution in [0.3, 0.4) is 0 Å². The Bertz CT molecular complexity index is 548. The van der Waals surface area contributed by atoms with Crippen molar-refractivity contribution in [1.82, 2.24) is 20.1 Å². The fourth-order valence-electron chi connectivity index (χ4n) is 3.51. The molecule has 6 nitrogen and oxygen atoms in total. The topological polar surface area (TPSA) is 65.5 Å². The molecular weight excluding hydrogens is 280 g/mol. The summed E-state index contributed by atoms with van der Waals surface area (Å²) in [7, 11) is 1.67. The number of piperidine rings is 1. The van der Waals surface area contributed by atoms with Crippen molar-refractivity contribution in [3.8, 4) is 0 Å². The number of carbonyl (C=O) groups excluding carboxylic acids is 2. The lowest BCUT2D eigenvalue weighted by atomic mass is 9.89. The lowest BCUT2D eigenvalue weighted by Gasteiger charge is -2.33. The number of aromatic nitrogens is 1. The Morgan fingerprint density at radius 3 is 2.86 bits per heavy atom. The van der Waals surface area contributed by atoms with Crippen LogP contribution in [-0.4, -0.2) is 66.4 Å². The molecule has 0 aromatic carbocycles. The molecule has 3 rings (SSSR count). The second kappa shape index (κ2) is 6.44. The third kappa shape index (κ3) is 3.11. The molecule has 2 atom stereocenters. The molecule has 0 spiro atoms. The molecule has 0 unspecified atom stereocenters. The third-order valence-electron chi connectivity index (χ3n) is 4.73. The smallest absolute Gasteiger partial charge is 0.255 e. The molecule has 118 valence electrons. The van der Waals surface area contributed by atoms with Crippen LogP contribution in [0.4, 0.5) is 0 Å². The molecule has 0 saturated carbocycles. The Morgan fingerprint density at radius 1 is 1.32 bits per heavy atom. The predicted molar refractivity (Wildman–Crippen MR) is 82.2 cm³/mol. The van der Waals surface area contributed by atoms with Gasteiger partial charge >= 0.3 is 0 Å². The molecule has 0 bridgehead atoms. The average molecular weight is 302 g/mol. The van der Waals surface area contributed by atoms with Gasteiger partial charge in [-0.2, -0.15) is 0 Å². The molecule has 2 aliphatic heterocycles. The second-order valence-electron chi connectivity index (χ2n) is 6.17. The molecule has 3 heterocycles. The van der Waals surface area contributed by atoms with Gasteiger partial charge in [0, 0.05) is 39.1 Å².